The van der Waals surface area contributed by atoms with E-state index in [2.05, 4.69) is 5.32 Å². The molecule has 1 N–H and O–H groups in total. The number of fused-ring (bicyclic) bond motifs is 1. The molecule has 1 aliphatic rings. The molecular formula is C19H20N2O4. The van der Waals surface area contributed by atoms with Gasteiger partial charge in [0.1, 0.15) is 6.54 Å². The highest BCUT2D eigenvalue weighted by molar-refractivity contribution is 6.02. The molecule has 0 spiro atoms. The van der Waals surface area contributed by atoms with Gasteiger partial charge in [-0.3, -0.25) is 9.59 Å². The van der Waals surface area contributed by atoms with E-state index < -0.39 is 0 Å². The molecule has 3 rings (SSSR count). The highest BCUT2D eigenvalue weighted by Gasteiger charge is 2.19. The number of benzene rings is 2. The topological polar surface area (TPSA) is 67.9 Å². The number of anilines is 2. The molecule has 0 bridgehead atoms. The summed E-state index contributed by atoms with van der Waals surface area (Å²) in [6, 6.07) is 12.8. The van der Waals surface area contributed by atoms with Gasteiger partial charge in [0.05, 0.1) is 0 Å². The maximum Gasteiger partial charge on any atom is 0.244 e. The molecule has 0 aromatic heterocycles. The monoisotopic (exact) mass is 340 g/mol. The standard InChI is InChI=1S/C19H20N2O4/c1-3-14-6-4-5-7-16(14)21(13(2)22)11-19(23)20-15-8-9-17-18(10-15)25-12-24-17/h4-10H,3,11-12H2,1-2H3,(H,20,23). The van der Waals surface area contributed by atoms with Crippen molar-refractivity contribution in [3.63, 3.8) is 0 Å². The average Bonchev–Trinajstić information content (AvgIpc) is 3.07. The first kappa shape index (κ1) is 16.8. The van der Waals surface area contributed by atoms with Gasteiger partial charge < -0.3 is 19.7 Å². The van der Waals surface area contributed by atoms with E-state index in [1.165, 1.54) is 11.8 Å². The Balaban J connectivity index is 1.74. The molecule has 1 heterocycles. The number of aryl methyl sites for hydroxylation is 1. The van der Waals surface area contributed by atoms with Crippen molar-refractivity contribution >= 4 is 23.2 Å². The van der Waals surface area contributed by atoms with Gasteiger partial charge in [-0.05, 0) is 30.2 Å². The van der Waals surface area contributed by atoms with Crippen molar-refractivity contribution in [3.8, 4) is 11.5 Å². The summed E-state index contributed by atoms with van der Waals surface area (Å²) < 4.78 is 10.6. The van der Waals surface area contributed by atoms with Crippen LogP contribution in [0.1, 0.15) is 19.4 Å². The Bertz CT molecular complexity index is 804. The lowest BCUT2D eigenvalue weighted by atomic mass is 10.1. The van der Waals surface area contributed by atoms with E-state index in [1.807, 2.05) is 31.2 Å². The Labute approximate surface area is 146 Å². The number of rotatable bonds is 5. The van der Waals surface area contributed by atoms with E-state index in [0.29, 0.717) is 17.2 Å². The molecule has 0 atom stereocenters. The van der Waals surface area contributed by atoms with Crippen LogP contribution in [0.15, 0.2) is 42.5 Å². The predicted molar refractivity (Wildman–Crippen MR) is 95.0 cm³/mol. The van der Waals surface area contributed by atoms with Crippen LogP contribution in [0.4, 0.5) is 11.4 Å². The second-order valence-electron chi connectivity index (χ2n) is 5.70. The normalized spacial score (nSPS) is 11.9. The number of carbonyl (C=O) groups is 2. The van der Waals surface area contributed by atoms with Crippen LogP contribution in [-0.4, -0.2) is 25.2 Å². The highest BCUT2D eigenvalue weighted by Crippen LogP contribution is 2.34. The number of ether oxygens (including phenoxy) is 2. The third-order valence-corrected chi connectivity index (χ3v) is 4.00. The van der Waals surface area contributed by atoms with Crippen molar-refractivity contribution in [2.75, 3.05) is 23.6 Å². The molecule has 0 saturated carbocycles. The fourth-order valence-electron chi connectivity index (χ4n) is 2.76. The largest absolute Gasteiger partial charge is 0.454 e. The summed E-state index contributed by atoms with van der Waals surface area (Å²) in [5.41, 5.74) is 2.38. The van der Waals surface area contributed by atoms with Crippen molar-refractivity contribution in [1.82, 2.24) is 0 Å². The summed E-state index contributed by atoms with van der Waals surface area (Å²) in [5, 5.41) is 2.80. The van der Waals surface area contributed by atoms with Gasteiger partial charge in [0, 0.05) is 24.4 Å². The van der Waals surface area contributed by atoms with Crippen LogP contribution in [0.25, 0.3) is 0 Å². The van der Waals surface area contributed by atoms with E-state index in [0.717, 1.165) is 17.7 Å². The first-order valence-electron chi connectivity index (χ1n) is 8.14. The molecule has 2 amide bonds. The zero-order valence-electron chi connectivity index (χ0n) is 14.2. The predicted octanol–water partition coefficient (Wildman–Crippen LogP) is 2.97. The first-order valence-corrected chi connectivity index (χ1v) is 8.14. The summed E-state index contributed by atoms with van der Waals surface area (Å²) in [7, 11) is 0. The molecule has 0 unspecified atom stereocenters. The van der Waals surface area contributed by atoms with Crippen LogP contribution in [0.3, 0.4) is 0 Å². The minimum atomic E-state index is -0.278. The van der Waals surface area contributed by atoms with Gasteiger partial charge in [0.15, 0.2) is 11.5 Å². The fraction of sp³-hybridized carbons (Fsp3) is 0.263. The molecule has 1 aliphatic heterocycles. The van der Waals surface area contributed by atoms with Gasteiger partial charge >= 0.3 is 0 Å². The zero-order valence-corrected chi connectivity index (χ0v) is 14.2. The van der Waals surface area contributed by atoms with Gasteiger partial charge in [-0.15, -0.1) is 0 Å². The number of nitrogens with one attached hydrogen (secondary N) is 1. The Kier molecular flexibility index (Phi) is 4.88. The van der Waals surface area contributed by atoms with Crippen molar-refractivity contribution in [3.05, 3.63) is 48.0 Å². The molecule has 130 valence electrons. The highest BCUT2D eigenvalue weighted by atomic mass is 16.7. The molecule has 6 nitrogen and oxygen atoms in total. The lowest BCUT2D eigenvalue weighted by Gasteiger charge is -2.23. The second kappa shape index (κ2) is 7.25. The Morgan fingerprint density at radius 3 is 2.64 bits per heavy atom. The van der Waals surface area contributed by atoms with Crippen LogP contribution >= 0.6 is 0 Å². The number of para-hydroxylation sites is 1. The lowest BCUT2D eigenvalue weighted by Crippen LogP contribution is -2.37. The maximum atomic E-state index is 12.4. The first-order chi connectivity index (χ1) is 12.1. The van der Waals surface area contributed by atoms with Gasteiger partial charge in [-0.25, -0.2) is 0 Å². The molecule has 2 aromatic carbocycles. The molecule has 25 heavy (non-hydrogen) atoms. The smallest absolute Gasteiger partial charge is 0.244 e. The van der Waals surface area contributed by atoms with Gasteiger partial charge in [0.25, 0.3) is 0 Å². The summed E-state index contributed by atoms with van der Waals surface area (Å²) in [5.74, 6) is 0.791. The molecule has 0 fully saturated rings. The number of carbonyl (C=O) groups excluding carboxylic acids is 2. The minimum Gasteiger partial charge on any atom is -0.454 e. The number of hydrogen-bond donors (Lipinski definition) is 1. The van der Waals surface area contributed by atoms with Crippen molar-refractivity contribution < 1.29 is 19.1 Å². The van der Waals surface area contributed by atoms with Crippen molar-refractivity contribution in [1.29, 1.82) is 0 Å². The summed E-state index contributed by atoms with van der Waals surface area (Å²) >= 11 is 0. The average molecular weight is 340 g/mol. The number of hydrogen-bond acceptors (Lipinski definition) is 4. The van der Waals surface area contributed by atoms with E-state index >= 15 is 0 Å². The van der Waals surface area contributed by atoms with E-state index in [9.17, 15) is 9.59 Å². The van der Waals surface area contributed by atoms with Crippen LogP contribution in [-0.2, 0) is 16.0 Å². The molecular weight excluding hydrogens is 320 g/mol. The van der Waals surface area contributed by atoms with Crippen LogP contribution < -0.4 is 19.7 Å². The SMILES string of the molecule is CCc1ccccc1N(CC(=O)Nc1ccc2c(c1)OCO2)C(C)=O. The summed E-state index contributed by atoms with van der Waals surface area (Å²) in [6.07, 6.45) is 0.781. The van der Waals surface area contributed by atoms with Gasteiger partial charge in [-0.2, -0.15) is 0 Å². The van der Waals surface area contributed by atoms with Gasteiger partial charge in [-0.1, -0.05) is 25.1 Å². The minimum absolute atomic E-state index is 0.0548. The molecule has 0 radical (unpaired) electrons. The maximum absolute atomic E-state index is 12.4. The zero-order chi connectivity index (χ0) is 17.8. The van der Waals surface area contributed by atoms with E-state index in [1.54, 1.807) is 18.2 Å². The van der Waals surface area contributed by atoms with Crippen molar-refractivity contribution in [2.45, 2.75) is 20.3 Å². The van der Waals surface area contributed by atoms with E-state index in [4.69, 9.17) is 9.47 Å². The van der Waals surface area contributed by atoms with Crippen LogP contribution in [0, 0.1) is 0 Å². The van der Waals surface area contributed by atoms with Crippen molar-refractivity contribution in [2.24, 2.45) is 0 Å². The van der Waals surface area contributed by atoms with E-state index in [-0.39, 0.29) is 25.2 Å². The Hall–Kier alpha value is -3.02. The van der Waals surface area contributed by atoms with Crippen LogP contribution in [0.2, 0.25) is 0 Å². The van der Waals surface area contributed by atoms with Gasteiger partial charge in [0.2, 0.25) is 18.6 Å². The molecule has 6 heteroatoms. The summed E-state index contributed by atoms with van der Waals surface area (Å²) in [4.78, 5) is 26.0. The Morgan fingerprint density at radius 1 is 1.12 bits per heavy atom. The Morgan fingerprint density at radius 2 is 1.88 bits per heavy atom. The molecule has 0 aliphatic carbocycles. The quantitative estimate of drug-likeness (QED) is 0.909. The lowest BCUT2D eigenvalue weighted by molar-refractivity contribution is -0.120. The number of amides is 2. The molecule has 0 saturated heterocycles. The third kappa shape index (κ3) is 3.74. The second-order valence-corrected chi connectivity index (χ2v) is 5.70. The third-order valence-electron chi connectivity index (χ3n) is 4.00. The molecule has 2 aromatic rings. The van der Waals surface area contributed by atoms with Crippen LogP contribution in [0.5, 0.6) is 11.5 Å². The fourth-order valence-corrected chi connectivity index (χ4v) is 2.76. The summed E-state index contributed by atoms with van der Waals surface area (Å²) in [6.45, 7) is 3.60. The number of nitrogens with zero attached hydrogens (tertiary/aromatic N) is 1.